The molecule has 2 unspecified atom stereocenters. The van der Waals surface area contributed by atoms with Crippen LogP contribution < -0.4 is 16.2 Å². The maximum Gasteiger partial charge on any atom is 0.0538 e. The van der Waals surface area contributed by atoms with Gasteiger partial charge in [-0.05, 0) is 125 Å². The van der Waals surface area contributed by atoms with Crippen LogP contribution in [0.1, 0.15) is 36.6 Å². The van der Waals surface area contributed by atoms with Gasteiger partial charge in [-0.15, -0.1) is 0 Å². The third-order valence-electron chi connectivity index (χ3n) is 11.8. The topological polar surface area (TPSA) is 56.7 Å². The highest BCUT2D eigenvalue weighted by Crippen LogP contribution is 2.45. The second-order valence-corrected chi connectivity index (χ2v) is 15.2. The molecule has 3 aliphatic carbocycles. The standard InChI is InChI=1S/C54H46N4/c1-4-5-8-15-36(2)53-46-20-13-14-21-47(46)54(38-16-9-6-10-17-38)48-24-22-39(31-50(48)53)41-28-43(34-56-32-41)44-29-42(33-57-35-44)40-23-25-52-49(30-40)37(3)51(26-27-55)58(52)45-18-11-7-12-19-45/h4-16,18-23,25-35,38,48H,1,17,24,55H2,2-3H3/b8-5-,27-26-,36-15+. The van der Waals surface area contributed by atoms with Gasteiger partial charge in [-0.25, -0.2) is 0 Å². The van der Waals surface area contributed by atoms with E-state index in [0.29, 0.717) is 5.92 Å². The highest BCUT2D eigenvalue weighted by atomic mass is 15.0. The van der Waals surface area contributed by atoms with Gasteiger partial charge in [0.2, 0.25) is 0 Å². The normalized spacial score (nSPS) is 17.8. The molecule has 3 aromatic heterocycles. The minimum absolute atomic E-state index is 0.284. The van der Waals surface area contributed by atoms with Crippen LogP contribution in [0.25, 0.3) is 61.6 Å². The van der Waals surface area contributed by atoms with Crippen LogP contribution in [-0.2, 0) is 0 Å². The minimum atomic E-state index is 0.284. The summed E-state index contributed by atoms with van der Waals surface area (Å²) in [5, 5.41) is 3.85. The summed E-state index contributed by atoms with van der Waals surface area (Å²) in [5.74, 6) is 0.649. The number of pyridine rings is 2. The van der Waals surface area contributed by atoms with E-state index in [0.717, 1.165) is 57.6 Å². The number of hydrogen-bond donors (Lipinski definition) is 1. The predicted octanol–water partition coefficient (Wildman–Crippen LogP) is 11.2. The summed E-state index contributed by atoms with van der Waals surface area (Å²) >= 11 is 0. The number of fused-ring (bicyclic) bond motifs is 3. The molecule has 4 heteroatoms. The van der Waals surface area contributed by atoms with Gasteiger partial charge in [0.05, 0.1) is 11.2 Å². The number of nitrogens with two attached hydrogens (primary N) is 1. The monoisotopic (exact) mass is 750 g/mol. The third kappa shape index (κ3) is 6.67. The smallest absolute Gasteiger partial charge is 0.0538 e. The lowest BCUT2D eigenvalue weighted by Crippen LogP contribution is -2.39. The van der Waals surface area contributed by atoms with Gasteiger partial charge < -0.3 is 10.3 Å². The molecule has 6 aromatic rings. The Balaban J connectivity index is 1.10. The number of nitrogens with zero attached hydrogens (tertiary/aromatic N) is 3. The lowest BCUT2D eigenvalue weighted by Gasteiger charge is -2.35. The van der Waals surface area contributed by atoms with E-state index in [4.69, 9.17) is 15.7 Å². The fourth-order valence-corrected chi connectivity index (χ4v) is 9.11. The van der Waals surface area contributed by atoms with E-state index in [1.807, 2.05) is 49.1 Å². The Morgan fingerprint density at radius 1 is 0.793 bits per heavy atom. The maximum atomic E-state index is 5.94. The number of benzene rings is 3. The Hall–Kier alpha value is -7.04. The molecule has 0 bridgehead atoms. The molecule has 0 aliphatic heterocycles. The number of aryl methyl sites for hydroxylation is 1. The van der Waals surface area contributed by atoms with Gasteiger partial charge in [0.25, 0.3) is 0 Å². The van der Waals surface area contributed by atoms with Crippen LogP contribution in [-0.4, -0.2) is 14.5 Å². The zero-order valence-electron chi connectivity index (χ0n) is 33.0. The molecule has 2 atom stereocenters. The van der Waals surface area contributed by atoms with Gasteiger partial charge in [-0.3, -0.25) is 9.97 Å². The molecule has 0 saturated carbocycles. The first kappa shape index (κ1) is 36.6. The molecule has 0 radical (unpaired) electrons. The van der Waals surface area contributed by atoms with E-state index in [1.165, 1.54) is 49.3 Å². The highest BCUT2D eigenvalue weighted by Gasteiger charge is 2.32. The SMILES string of the molecule is C=C/C=C\C=C(/C)C1=c2ccccc2=C(C2C=CC=CC2)C2CC=C(c3cncc(-c4cncc(-c5ccc6c(c5)c(C)c(/C=C\N)n6-c5ccccc5)c4)c3)C=C12. The van der Waals surface area contributed by atoms with Crippen molar-refractivity contribution in [3.05, 3.63) is 222 Å². The van der Waals surface area contributed by atoms with E-state index in [2.05, 4.69) is 152 Å². The molecular formula is C54H46N4. The Kier molecular flexibility index (Phi) is 9.99. The van der Waals surface area contributed by atoms with Crippen molar-refractivity contribution in [2.75, 3.05) is 0 Å². The van der Waals surface area contributed by atoms with Crippen LogP contribution >= 0.6 is 0 Å². The Morgan fingerprint density at radius 2 is 1.52 bits per heavy atom. The van der Waals surface area contributed by atoms with Gasteiger partial charge in [-0.2, -0.15) is 0 Å². The molecule has 0 saturated heterocycles. The fraction of sp³-hybridized carbons (Fsp3) is 0.111. The van der Waals surface area contributed by atoms with Crippen molar-refractivity contribution in [1.29, 1.82) is 0 Å². The quantitative estimate of drug-likeness (QED) is 0.150. The lowest BCUT2D eigenvalue weighted by atomic mass is 9.68. The second kappa shape index (κ2) is 15.8. The van der Waals surface area contributed by atoms with Crippen LogP contribution in [0.5, 0.6) is 0 Å². The fourth-order valence-electron chi connectivity index (χ4n) is 9.11. The van der Waals surface area contributed by atoms with E-state index < -0.39 is 0 Å². The Bertz CT molecular complexity index is 2940. The van der Waals surface area contributed by atoms with Crippen LogP contribution in [0.4, 0.5) is 0 Å². The van der Waals surface area contributed by atoms with Crippen molar-refractivity contribution >= 4 is 33.7 Å². The summed E-state index contributed by atoms with van der Waals surface area (Å²) in [6.45, 7) is 8.29. The van der Waals surface area contributed by atoms with Gasteiger partial charge >= 0.3 is 0 Å². The molecule has 58 heavy (non-hydrogen) atoms. The van der Waals surface area contributed by atoms with Gasteiger partial charge in [-0.1, -0.05) is 116 Å². The average molecular weight is 751 g/mol. The first-order valence-electron chi connectivity index (χ1n) is 20.1. The van der Waals surface area contributed by atoms with Crippen LogP contribution in [0, 0.1) is 18.8 Å². The van der Waals surface area contributed by atoms with Crippen molar-refractivity contribution in [3.8, 4) is 27.9 Å². The molecule has 0 amide bonds. The summed E-state index contributed by atoms with van der Waals surface area (Å²) in [6, 6.07) is 30.6. The molecule has 0 spiro atoms. The molecule has 3 heterocycles. The first-order chi connectivity index (χ1) is 28.5. The molecule has 3 aliphatic rings. The van der Waals surface area contributed by atoms with E-state index in [9.17, 15) is 0 Å². The molecular weight excluding hydrogens is 705 g/mol. The van der Waals surface area contributed by atoms with Gasteiger partial charge in [0.15, 0.2) is 0 Å². The Labute approximate surface area is 340 Å². The van der Waals surface area contributed by atoms with Gasteiger partial charge in [0, 0.05) is 70.0 Å². The summed E-state index contributed by atoms with van der Waals surface area (Å²) in [4.78, 5) is 9.55. The van der Waals surface area contributed by atoms with Crippen LogP contribution in [0.3, 0.4) is 0 Å². The van der Waals surface area contributed by atoms with E-state index >= 15 is 0 Å². The molecule has 4 nitrogen and oxygen atoms in total. The van der Waals surface area contributed by atoms with Crippen molar-refractivity contribution in [3.63, 3.8) is 0 Å². The number of para-hydroxylation sites is 1. The molecule has 2 N–H and O–H groups in total. The minimum Gasteiger partial charge on any atom is -0.405 e. The van der Waals surface area contributed by atoms with Crippen molar-refractivity contribution in [2.24, 2.45) is 17.6 Å². The van der Waals surface area contributed by atoms with E-state index in [-0.39, 0.29) is 5.92 Å². The Morgan fingerprint density at radius 3 is 2.26 bits per heavy atom. The predicted molar refractivity (Wildman–Crippen MR) is 244 cm³/mol. The number of rotatable bonds is 9. The average Bonchev–Trinajstić information content (AvgIpc) is 3.55. The van der Waals surface area contributed by atoms with E-state index in [1.54, 1.807) is 6.20 Å². The molecule has 3 aromatic carbocycles. The molecule has 282 valence electrons. The summed E-state index contributed by atoms with van der Waals surface area (Å²) in [7, 11) is 0. The lowest BCUT2D eigenvalue weighted by molar-refractivity contribution is 0.696. The third-order valence-corrected chi connectivity index (χ3v) is 11.8. The zero-order valence-corrected chi connectivity index (χ0v) is 33.0. The summed E-state index contributed by atoms with van der Waals surface area (Å²) in [5.41, 5.74) is 22.4. The largest absolute Gasteiger partial charge is 0.405 e. The summed E-state index contributed by atoms with van der Waals surface area (Å²) in [6.07, 6.45) is 35.4. The highest BCUT2D eigenvalue weighted by molar-refractivity contribution is 5.94. The number of hydrogen-bond acceptors (Lipinski definition) is 3. The number of allylic oxidation sites excluding steroid dienone is 13. The van der Waals surface area contributed by atoms with Crippen LogP contribution in [0.2, 0.25) is 0 Å². The second-order valence-electron chi connectivity index (χ2n) is 15.2. The molecule has 0 fully saturated rings. The first-order valence-corrected chi connectivity index (χ1v) is 20.1. The van der Waals surface area contributed by atoms with Crippen molar-refractivity contribution in [1.82, 2.24) is 14.5 Å². The van der Waals surface area contributed by atoms with Crippen molar-refractivity contribution < 1.29 is 0 Å². The maximum absolute atomic E-state index is 5.94. The van der Waals surface area contributed by atoms with Crippen LogP contribution in [0.15, 0.2) is 194 Å². The van der Waals surface area contributed by atoms with Gasteiger partial charge in [0.1, 0.15) is 0 Å². The summed E-state index contributed by atoms with van der Waals surface area (Å²) < 4.78 is 2.27. The molecule has 9 rings (SSSR count). The van der Waals surface area contributed by atoms with Crippen molar-refractivity contribution in [2.45, 2.75) is 26.7 Å². The number of aromatic nitrogens is 3. The zero-order chi connectivity index (χ0) is 39.6.